The topological polar surface area (TPSA) is 30.5 Å². The monoisotopic (exact) mass is 224 g/mol. The second-order valence-corrected chi connectivity index (χ2v) is 4.68. The Morgan fingerprint density at radius 2 is 1.62 bits per heavy atom. The van der Waals surface area contributed by atoms with Gasteiger partial charge in [-0.25, -0.2) is 0 Å². The molecule has 2 N–H and O–H groups in total. The van der Waals surface area contributed by atoms with Crippen molar-refractivity contribution in [2.24, 2.45) is 0 Å². The molecule has 4 nitrogen and oxygen atoms in total. The van der Waals surface area contributed by atoms with E-state index in [1.54, 1.807) is 5.57 Å². The van der Waals surface area contributed by atoms with Gasteiger partial charge in [0.05, 0.1) is 0 Å². The van der Waals surface area contributed by atoms with Crippen LogP contribution in [0.15, 0.2) is 11.6 Å². The predicted molar refractivity (Wildman–Crippen MR) is 67.5 cm³/mol. The minimum absolute atomic E-state index is 1.05. The first kappa shape index (κ1) is 12.0. The largest absolute Gasteiger partial charge is 0.314 e. The molecule has 0 atom stereocenters. The number of hydrogen-bond donors (Lipinski definition) is 2. The third kappa shape index (κ3) is 3.56. The van der Waals surface area contributed by atoms with Crippen LogP contribution in [0.3, 0.4) is 0 Å². The standard InChI is InChI=1S/C12H24N4/c1-2-12(10-16-8-5-14-11-16)9-15-6-3-13-4-7-15/h2,13-14H,3-11H2,1H3/b12-2+. The van der Waals surface area contributed by atoms with Gasteiger partial charge in [-0.05, 0) is 12.5 Å². The van der Waals surface area contributed by atoms with Crippen LogP contribution in [0.2, 0.25) is 0 Å². The van der Waals surface area contributed by atoms with Crippen molar-refractivity contribution in [3.05, 3.63) is 11.6 Å². The summed E-state index contributed by atoms with van der Waals surface area (Å²) in [7, 11) is 0. The number of nitrogens with zero attached hydrogens (tertiary/aromatic N) is 2. The molecule has 2 rings (SSSR count). The van der Waals surface area contributed by atoms with Gasteiger partial charge in [0.1, 0.15) is 0 Å². The minimum atomic E-state index is 1.05. The average Bonchev–Trinajstić information content (AvgIpc) is 2.82. The first-order valence-electron chi connectivity index (χ1n) is 6.38. The molecule has 2 heterocycles. The Bertz CT molecular complexity index is 227. The summed E-state index contributed by atoms with van der Waals surface area (Å²) < 4.78 is 0. The van der Waals surface area contributed by atoms with Crippen molar-refractivity contribution in [3.63, 3.8) is 0 Å². The van der Waals surface area contributed by atoms with Crippen LogP contribution >= 0.6 is 0 Å². The van der Waals surface area contributed by atoms with Gasteiger partial charge in [-0.1, -0.05) is 6.08 Å². The Hall–Kier alpha value is -0.420. The molecule has 0 aromatic heterocycles. The van der Waals surface area contributed by atoms with Gasteiger partial charge >= 0.3 is 0 Å². The van der Waals surface area contributed by atoms with E-state index in [0.29, 0.717) is 0 Å². The number of rotatable bonds is 4. The maximum atomic E-state index is 3.40. The predicted octanol–water partition coefficient (Wildman–Crippen LogP) is -0.299. The second-order valence-electron chi connectivity index (χ2n) is 4.68. The third-order valence-electron chi connectivity index (χ3n) is 3.41. The smallest absolute Gasteiger partial charge is 0.0484 e. The first-order valence-corrected chi connectivity index (χ1v) is 6.38. The van der Waals surface area contributed by atoms with E-state index in [1.807, 2.05) is 0 Å². The summed E-state index contributed by atoms with van der Waals surface area (Å²) in [6, 6.07) is 0. The fourth-order valence-corrected chi connectivity index (χ4v) is 2.36. The van der Waals surface area contributed by atoms with Gasteiger partial charge in [0, 0.05) is 59.0 Å². The van der Waals surface area contributed by atoms with E-state index in [-0.39, 0.29) is 0 Å². The summed E-state index contributed by atoms with van der Waals surface area (Å²) in [5.74, 6) is 0. The summed E-state index contributed by atoms with van der Waals surface area (Å²) >= 11 is 0. The van der Waals surface area contributed by atoms with Crippen molar-refractivity contribution in [1.82, 2.24) is 20.4 Å². The van der Waals surface area contributed by atoms with E-state index in [1.165, 1.54) is 19.6 Å². The SMILES string of the molecule is C/C=C(\CN1CCNCC1)CN1CCNC1. The Labute approximate surface area is 98.7 Å². The zero-order valence-electron chi connectivity index (χ0n) is 10.3. The van der Waals surface area contributed by atoms with E-state index in [9.17, 15) is 0 Å². The lowest BCUT2D eigenvalue weighted by molar-refractivity contribution is 0.250. The Morgan fingerprint density at radius 1 is 1.00 bits per heavy atom. The van der Waals surface area contributed by atoms with Crippen molar-refractivity contribution < 1.29 is 0 Å². The van der Waals surface area contributed by atoms with Crippen molar-refractivity contribution in [1.29, 1.82) is 0 Å². The zero-order chi connectivity index (χ0) is 11.2. The summed E-state index contributed by atoms with van der Waals surface area (Å²) in [4.78, 5) is 5.03. The fourth-order valence-electron chi connectivity index (χ4n) is 2.36. The first-order chi connectivity index (χ1) is 7.88. The molecule has 2 aliphatic rings. The van der Waals surface area contributed by atoms with E-state index in [0.717, 1.165) is 39.4 Å². The lowest BCUT2D eigenvalue weighted by Crippen LogP contribution is -2.44. The summed E-state index contributed by atoms with van der Waals surface area (Å²) in [6.45, 7) is 12.5. The van der Waals surface area contributed by atoms with E-state index in [4.69, 9.17) is 0 Å². The highest BCUT2D eigenvalue weighted by Crippen LogP contribution is 2.05. The highest BCUT2D eigenvalue weighted by molar-refractivity contribution is 5.06. The van der Waals surface area contributed by atoms with E-state index in [2.05, 4.69) is 33.4 Å². The average molecular weight is 224 g/mol. The lowest BCUT2D eigenvalue weighted by atomic mass is 10.2. The molecular weight excluding hydrogens is 200 g/mol. The van der Waals surface area contributed by atoms with Crippen LogP contribution in [-0.2, 0) is 0 Å². The molecule has 2 aliphatic heterocycles. The van der Waals surface area contributed by atoms with Gasteiger partial charge in [0.25, 0.3) is 0 Å². The van der Waals surface area contributed by atoms with E-state index >= 15 is 0 Å². The van der Waals surface area contributed by atoms with Crippen molar-refractivity contribution in [3.8, 4) is 0 Å². The van der Waals surface area contributed by atoms with Crippen LogP contribution in [-0.4, -0.2) is 68.8 Å². The van der Waals surface area contributed by atoms with Crippen LogP contribution in [0.5, 0.6) is 0 Å². The maximum absolute atomic E-state index is 3.40. The molecule has 0 aliphatic carbocycles. The van der Waals surface area contributed by atoms with Crippen LogP contribution < -0.4 is 10.6 Å². The molecule has 0 aromatic rings. The number of hydrogen-bond acceptors (Lipinski definition) is 4. The molecule has 0 radical (unpaired) electrons. The van der Waals surface area contributed by atoms with Crippen LogP contribution in [0, 0.1) is 0 Å². The Balaban J connectivity index is 1.75. The fraction of sp³-hybridized carbons (Fsp3) is 0.833. The molecule has 4 heteroatoms. The van der Waals surface area contributed by atoms with Crippen molar-refractivity contribution >= 4 is 0 Å². The highest BCUT2D eigenvalue weighted by Gasteiger charge is 2.15. The van der Waals surface area contributed by atoms with Crippen LogP contribution in [0.1, 0.15) is 6.92 Å². The molecule has 0 saturated carbocycles. The molecule has 92 valence electrons. The number of allylic oxidation sites excluding steroid dienone is 1. The minimum Gasteiger partial charge on any atom is -0.314 e. The van der Waals surface area contributed by atoms with Gasteiger partial charge < -0.3 is 10.6 Å². The summed E-state index contributed by atoms with van der Waals surface area (Å²) in [5, 5.41) is 6.78. The van der Waals surface area contributed by atoms with Gasteiger partial charge in [0.2, 0.25) is 0 Å². The number of piperazine rings is 1. The van der Waals surface area contributed by atoms with Gasteiger partial charge in [-0.3, -0.25) is 9.80 Å². The Morgan fingerprint density at radius 3 is 2.25 bits per heavy atom. The summed E-state index contributed by atoms with van der Waals surface area (Å²) in [6.07, 6.45) is 2.29. The normalized spacial score (nSPS) is 25.2. The van der Waals surface area contributed by atoms with Crippen LogP contribution in [0.25, 0.3) is 0 Å². The van der Waals surface area contributed by atoms with Gasteiger partial charge in [-0.15, -0.1) is 0 Å². The van der Waals surface area contributed by atoms with Gasteiger partial charge in [-0.2, -0.15) is 0 Å². The summed E-state index contributed by atoms with van der Waals surface area (Å²) in [5.41, 5.74) is 1.56. The molecule has 0 unspecified atom stereocenters. The molecule has 0 amide bonds. The molecule has 16 heavy (non-hydrogen) atoms. The lowest BCUT2D eigenvalue weighted by Gasteiger charge is -2.29. The molecule has 0 spiro atoms. The van der Waals surface area contributed by atoms with Crippen molar-refractivity contribution in [2.75, 3.05) is 59.0 Å². The van der Waals surface area contributed by atoms with E-state index < -0.39 is 0 Å². The molecule has 0 aromatic carbocycles. The third-order valence-corrected chi connectivity index (χ3v) is 3.41. The molecular formula is C12H24N4. The number of nitrogens with one attached hydrogen (secondary N) is 2. The quantitative estimate of drug-likeness (QED) is 0.642. The van der Waals surface area contributed by atoms with Crippen molar-refractivity contribution in [2.45, 2.75) is 6.92 Å². The van der Waals surface area contributed by atoms with Crippen LogP contribution in [0.4, 0.5) is 0 Å². The molecule has 0 bridgehead atoms. The zero-order valence-corrected chi connectivity index (χ0v) is 10.3. The highest BCUT2D eigenvalue weighted by atomic mass is 15.3. The Kier molecular flexibility index (Phi) is 4.78. The molecule has 2 saturated heterocycles. The maximum Gasteiger partial charge on any atom is 0.0484 e. The molecule has 2 fully saturated rings. The second kappa shape index (κ2) is 6.35. The van der Waals surface area contributed by atoms with Gasteiger partial charge in [0.15, 0.2) is 0 Å².